The van der Waals surface area contributed by atoms with Crippen molar-refractivity contribution in [3.05, 3.63) is 5.82 Å². The molecule has 0 unspecified atom stereocenters. The molecule has 0 saturated carbocycles. The molecule has 0 spiro atoms. The van der Waals surface area contributed by atoms with E-state index in [2.05, 4.69) is 25.6 Å². The molecule has 1 rings (SSSR count). The first kappa shape index (κ1) is 7.71. The maximum absolute atomic E-state index is 4.03. The van der Waals surface area contributed by atoms with Crippen molar-refractivity contribution in [1.82, 2.24) is 15.0 Å². The number of nitrogens with one attached hydrogen (secondary N) is 2. The van der Waals surface area contributed by atoms with E-state index < -0.39 is 0 Å². The van der Waals surface area contributed by atoms with E-state index in [-0.39, 0.29) is 1.43 Å². The minimum atomic E-state index is 0. The summed E-state index contributed by atoms with van der Waals surface area (Å²) in [6.45, 7) is 1.82. The first-order valence-electron chi connectivity index (χ1n) is 3.34. The van der Waals surface area contributed by atoms with Gasteiger partial charge in [-0.1, -0.05) is 0 Å². The van der Waals surface area contributed by atoms with Gasteiger partial charge in [-0.15, -0.1) is 0 Å². The van der Waals surface area contributed by atoms with E-state index in [0.717, 1.165) is 0 Å². The maximum atomic E-state index is 4.03. The minimum Gasteiger partial charge on any atom is -0.357 e. The van der Waals surface area contributed by atoms with Crippen LogP contribution in [0.3, 0.4) is 0 Å². The lowest BCUT2D eigenvalue weighted by Gasteiger charge is -2.01. The van der Waals surface area contributed by atoms with E-state index in [1.54, 1.807) is 14.1 Å². The van der Waals surface area contributed by atoms with Crippen molar-refractivity contribution in [1.29, 1.82) is 0 Å². The highest BCUT2D eigenvalue weighted by molar-refractivity contribution is 5.32. The molecule has 5 heteroatoms. The second-order valence-corrected chi connectivity index (χ2v) is 2.03. The summed E-state index contributed by atoms with van der Waals surface area (Å²) in [5, 5.41) is 5.68. The summed E-state index contributed by atoms with van der Waals surface area (Å²) in [5.74, 6) is 1.87. The zero-order valence-corrected chi connectivity index (χ0v) is 6.84. The molecular formula is C6H13N5. The summed E-state index contributed by atoms with van der Waals surface area (Å²) in [5.41, 5.74) is 0. The Labute approximate surface area is 66.8 Å². The number of aryl methyl sites for hydroxylation is 1. The van der Waals surface area contributed by atoms with Crippen LogP contribution < -0.4 is 10.6 Å². The molecule has 0 aliphatic rings. The van der Waals surface area contributed by atoms with Gasteiger partial charge in [0.2, 0.25) is 11.9 Å². The molecule has 2 N–H and O–H groups in total. The second-order valence-electron chi connectivity index (χ2n) is 2.03. The Balaban J connectivity index is 0.00000121. The van der Waals surface area contributed by atoms with Crippen LogP contribution in [0.5, 0.6) is 0 Å². The van der Waals surface area contributed by atoms with Crippen molar-refractivity contribution < 1.29 is 1.43 Å². The summed E-state index contributed by atoms with van der Waals surface area (Å²) in [4.78, 5) is 12.1. The van der Waals surface area contributed by atoms with Gasteiger partial charge in [0.05, 0.1) is 0 Å². The smallest absolute Gasteiger partial charge is 0.227 e. The number of nitrogens with zero attached hydrogens (tertiary/aromatic N) is 3. The third kappa shape index (κ3) is 1.76. The second kappa shape index (κ2) is 3.14. The van der Waals surface area contributed by atoms with Crippen LogP contribution in [-0.2, 0) is 0 Å². The topological polar surface area (TPSA) is 62.7 Å². The van der Waals surface area contributed by atoms with Gasteiger partial charge in [0.25, 0.3) is 0 Å². The van der Waals surface area contributed by atoms with Crippen LogP contribution in [-0.4, -0.2) is 29.0 Å². The molecular weight excluding hydrogens is 142 g/mol. The minimum absolute atomic E-state index is 0. The molecule has 0 saturated heterocycles. The van der Waals surface area contributed by atoms with E-state index in [9.17, 15) is 0 Å². The van der Waals surface area contributed by atoms with Gasteiger partial charge in [0.1, 0.15) is 5.82 Å². The third-order valence-electron chi connectivity index (χ3n) is 1.19. The number of aromatic nitrogens is 3. The Hall–Kier alpha value is -1.39. The largest absolute Gasteiger partial charge is 0.357 e. The lowest BCUT2D eigenvalue weighted by atomic mass is 10.7. The van der Waals surface area contributed by atoms with Crippen molar-refractivity contribution in [2.24, 2.45) is 0 Å². The Morgan fingerprint density at radius 1 is 1.00 bits per heavy atom. The van der Waals surface area contributed by atoms with Crippen molar-refractivity contribution in [3.63, 3.8) is 0 Å². The molecule has 0 fully saturated rings. The van der Waals surface area contributed by atoms with E-state index >= 15 is 0 Å². The van der Waals surface area contributed by atoms with Gasteiger partial charge in [-0.05, 0) is 6.92 Å². The number of hydrogen-bond acceptors (Lipinski definition) is 5. The molecule has 0 radical (unpaired) electrons. The maximum Gasteiger partial charge on any atom is 0.227 e. The van der Waals surface area contributed by atoms with Gasteiger partial charge >= 0.3 is 0 Å². The van der Waals surface area contributed by atoms with Crippen LogP contribution in [0.4, 0.5) is 11.9 Å². The van der Waals surface area contributed by atoms with Crippen molar-refractivity contribution in [2.75, 3.05) is 24.7 Å². The summed E-state index contributed by atoms with van der Waals surface area (Å²) >= 11 is 0. The molecule has 5 nitrogen and oxygen atoms in total. The lowest BCUT2D eigenvalue weighted by Crippen LogP contribution is -2.04. The Kier molecular flexibility index (Phi) is 2.20. The molecule has 0 atom stereocenters. The van der Waals surface area contributed by atoms with E-state index in [4.69, 9.17) is 0 Å². The normalized spacial score (nSPS) is 9.36. The van der Waals surface area contributed by atoms with Gasteiger partial charge in [0, 0.05) is 15.5 Å². The molecule has 1 aromatic rings. The zero-order valence-electron chi connectivity index (χ0n) is 6.84. The Morgan fingerprint density at radius 2 is 1.45 bits per heavy atom. The first-order chi connectivity index (χ1) is 5.26. The van der Waals surface area contributed by atoms with E-state index in [0.29, 0.717) is 17.7 Å². The fraction of sp³-hybridized carbons (Fsp3) is 0.500. The van der Waals surface area contributed by atoms with Crippen LogP contribution in [0.1, 0.15) is 7.25 Å². The third-order valence-corrected chi connectivity index (χ3v) is 1.19. The van der Waals surface area contributed by atoms with Crippen LogP contribution in [0.15, 0.2) is 0 Å². The van der Waals surface area contributed by atoms with Crippen LogP contribution in [0, 0.1) is 6.92 Å². The number of rotatable bonds is 2. The molecule has 0 bridgehead atoms. The average Bonchev–Trinajstić information content (AvgIpc) is 2.03. The van der Waals surface area contributed by atoms with Gasteiger partial charge in [0.15, 0.2) is 0 Å². The van der Waals surface area contributed by atoms with Gasteiger partial charge in [-0.2, -0.15) is 15.0 Å². The summed E-state index contributed by atoms with van der Waals surface area (Å²) < 4.78 is 0. The van der Waals surface area contributed by atoms with E-state index in [1.807, 2.05) is 6.92 Å². The monoisotopic (exact) mass is 156 g/mol. The van der Waals surface area contributed by atoms with Crippen molar-refractivity contribution in [2.45, 2.75) is 6.92 Å². The predicted octanol–water partition coefficient (Wildman–Crippen LogP) is 0.509. The molecule has 1 aromatic heterocycles. The van der Waals surface area contributed by atoms with Crippen LogP contribution >= 0.6 is 0 Å². The summed E-state index contributed by atoms with van der Waals surface area (Å²) in [6.07, 6.45) is 0. The van der Waals surface area contributed by atoms with Crippen molar-refractivity contribution in [3.8, 4) is 0 Å². The quantitative estimate of drug-likeness (QED) is 0.653. The molecule has 1 heterocycles. The standard InChI is InChI=1S/C6H11N5.H2/c1-4-9-5(7-2)11-6(8-3)10-4;/h1-3H3,(H2,7,8,9,10,11);1H/i;1+1. The van der Waals surface area contributed by atoms with E-state index in [1.165, 1.54) is 0 Å². The zero-order chi connectivity index (χ0) is 8.27. The predicted molar refractivity (Wildman–Crippen MR) is 45.8 cm³/mol. The fourth-order valence-electron chi connectivity index (χ4n) is 0.705. The fourth-order valence-corrected chi connectivity index (χ4v) is 0.705. The highest BCUT2D eigenvalue weighted by Gasteiger charge is 1.98. The Morgan fingerprint density at radius 3 is 1.82 bits per heavy atom. The van der Waals surface area contributed by atoms with Crippen LogP contribution in [0.2, 0.25) is 0 Å². The number of hydrogen-bond donors (Lipinski definition) is 2. The van der Waals surface area contributed by atoms with Crippen molar-refractivity contribution >= 4 is 11.9 Å². The molecule has 0 aliphatic heterocycles. The highest BCUT2D eigenvalue weighted by Crippen LogP contribution is 2.02. The molecule has 11 heavy (non-hydrogen) atoms. The van der Waals surface area contributed by atoms with Gasteiger partial charge in [-0.25, -0.2) is 0 Å². The Bertz CT molecular complexity index is 229. The lowest BCUT2D eigenvalue weighted by molar-refractivity contribution is 0.979. The summed E-state index contributed by atoms with van der Waals surface area (Å²) in [7, 11) is 3.54. The highest BCUT2D eigenvalue weighted by atomic mass is 15.2. The number of anilines is 2. The molecule has 0 aliphatic carbocycles. The first-order valence-corrected chi connectivity index (χ1v) is 3.34. The molecule has 0 amide bonds. The molecule has 0 aromatic carbocycles. The molecule has 62 valence electrons. The SMILES string of the molecule is CNc1nc(C)nc(NC)n1.[2HH]. The summed E-state index contributed by atoms with van der Waals surface area (Å²) in [6, 6.07) is 0. The van der Waals surface area contributed by atoms with Crippen LogP contribution in [0.25, 0.3) is 0 Å². The average molecular weight is 156 g/mol. The van der Waals surface area contributed by atoms with Gasteiger partial charge < -0.3 is 10.6 Å². The van der Waals surface area contributed by atoms with Gasteiger partial charge in [-0.3, -0.25) is 0 Å².